The Kier molecular flexibility index (Phi) is 1.96. The summed E-state index contributed by atoms with van der Waals surface area (Å²) in [4.78, 5) is 0. The number of rotatable bonds is 2. The first kappa shape index (κ1) is 8.51. The zero-order valence-corrected chi connectivity index (χ0v) is 7.33. The van der Waals surface area contributed by atoms with Crippen LogP contribution >= 0.6 is 0 Å². The second kappa shape index (κ2) is 3.00. The molecule has 0 aromatic heterocycles. The average molecular weight is 180 g/mol. The largest absolute Gasteiger partial charge is 0.398 e. The second-order valence-electron chi connectivity index (χ2n) is 3.64. The minimum atomic E-state index is -0.302. The monoisotopic (exact) mass is 180 g/mol. The predicted octanol–water partition coefficient (Wildman–Crippen LogP) is 1.82. The van der Waals surface area contributed by atoms with E-state index in [0.717, 1.165) is 18.4 Å². The summed E-state index contributed by atoms with van der Waals surface area (Å²) in [6, 6.07) is 4.42. The summed E-state index contributed by atoms with van der Waals surface area (Å²) >= 11 is 0. The highest BCUT2D eigenvalue weighted by molar-refractivity contribution is 5.49. The minimum Gasteiger partial charge on any atom is -0.398 e. The first-order chi connectivity index (χ1) is 6.18. The Morgan fingerprint density at radius 2 is 2.08 bits per heavy atom. The third-order valence-electron chi connectivity index (χ3n) is 2.54. The lowest BCUT2D eigenvalue weighted by molar-refractivity contribution is 0.615. The van der Waals surface area contributed by atoms with Crippen molar-refractivity contribution in [3.63, 3.8) is 0 Å². The van der Waals surface area contributed by atoms with E-state index in [1.807, 2.05) is 0 Å². The fraction of sp³-hybridized carbons (Fsp3) is 0.400. The van der Waals surface area contributed by atoms with Crippen LogP contribution in [0.2, 0.25) is 0 Å². The molecule has 1 aromatic carbocycles. The summed E-state index contributed by atoms with van der Waals surface area (Å²) in [5.74, 6) is 0.247. The van der Waals surface area contributed by atoms with E-state index in [-0.39, 0.29) is 11.9 Å². The van der Waals surface area contributed by atoms with E-state index in [9.17, 15) is 4.39 Å². The maximum absolute atomic E-state index is 12.7. The molecule has 2 nitrogen and oxygen atoms in total. The topological polar surface area (TPSA) is 52.0 Å². The van der Waals surface area contributed by atoms with Crippen LogP contribution in [-0.2, 0) is 0 Å². The maximum atomic E-state index is 12.7. The highest BCUT2D eigenvalue weighted by Gasteiger charge is 2.30. The predicted molar refractivity (Wildman–Crippen MR) is 50.5 cm³/mol. The molecule has 3 heteroatoms. The molecule has 0 heterocycles. The lowest BCUT2D eigenvalue weighted by Gasteiger charge is -2.12. The number of anilines is 1. The molecule has 0 aliphatic heterocycles. The molecule has 2 rings (SSSR count). The van der Waals surface area contributed by atoms with Gasteiger partial charge < -0.3 is 11.5 Å². The highest BCUT2D eigenvalue weighted by Crippen LogP contribution is 2.40. The number of benzene rings is 1. The molecule has 1 aromatic rings. The number of halogens is 1. The fourth-order valence-corrected chi connectivity index (χ4v) is 1.56. The third-order valence-corrected chi connectivity index (χ3v) is 2.54. The SMILES string of the molecule is Nc1cc(F)ccc1C(N)C1CC1. The summed E-state index contributed by atoms with van der Waals surface area (Å²) in [5, 5.41) is 0. The molecule has 1 atom stereocenters. The lowest BCUT2D eigenvalue weighted by Crippen LogP contribution is -2.14. The highest BCUT2D eigenvalue weighted by atomic mass is 19.1. The van der Waals surface area contributed by atoms with Gasteiger partial charge in [0.1, 0.15) is 5.82 Å². The van der Waals surface area contributed by atoms with E-state index in [1.54, 1.807) is 6.07 Å². The van der Waals surface area contributed by atoms with Crippen molar-refractivity contribution in [1.82, 2.24) is 0 Å². The van der Waals surface area contributed by atoms with Crippen LogP contribution in [0.3, 0.4) is 0 Å². The summed E-state index contributed by atoms with van der Waals surface area (Å²) < 4.78 is 12.7. The molecular weight excluding hydrogens is 167 g/mol. The maximum Gasteiger partial charge on any atom is 0.125 e. The van der Waals surface area contributed by atoms with Crippen LogP contribution in [0.5, 0.6) is 0 Å². The van der Waals surface area contributed by atoms with Gasteiger partial charge >= 0.3 is 0 Å². The van der Waals surface area contributed by atoms with Gasteiger partial charge in [-0.05, 0) is 36.5 Å². The van der Waals surface area contributed by atoms with Gasteiger partial charge in [0.25, 0.3) is 0 Å². The van der Waals surface area contributed by atoms with E-state index < -0.39 is 0 Å². The van der Waals surface area contributed by atoms with Crippen LogP contribution in [0.25, 0.3) is 0 Å². The van der Waals surface area contributed by atoms with Gasteiger partial charge in [-0.2, -0.15) is 0 Å². The van der Waals surface area contributed by atoms with Crippen LogP contribution in [0.1, 0.15) is 24.4 Å². The van der Waals surface area contributed by atoms with Crippen molar-refractivity contribution in [3.8, 4) is 0 Å². The molecule has 0 bridgehead atoms. The van der Waals surface area contributed by atoms with Gasteiger partial charge in [0.2, 0.25) is 0 Å². The van der Waals surface area contributed by atoms with Crippen LogP contribution in [-0.4, -0.2) is 0 Å². The Morgan fingerprint density at radius 3 is 2.62 bits per heavy atom. The normalized spacial score (nSPS) is 18.6. The quantitative estimate of drug-likeness (QED) is 0.682. The molecule has 1 fully saturated rings. The van der Waals surface area contributed by atoms with Crippen LogP contribution in [0.15, 0.2) is 18.2 Å². The van der Waals surface area contributed by atoms with Crippen LogP contribution < -0.4 is 11.5 Å². The zero-order valence-electron chi connectivity index (χ0n) is 7.33. The van der Waals surface area contributed by atoms with Gasteiger partial charge in [-0.1, -0.05) is 6.07 Å². The standard InChI is InChI=1S/C10H13FN2/c11-7-3-4-8(9(12)5-7)10(13)6-1-2-6/h3-6,10H,1-2,12-13H2. The Hall–Kier alpha value is -1.09. The molecule has 0 spiro atoms. The van der Waals surface area contributed by atoms with Crippen LogP contribution in [0.4, 0.5) is 10.1 Å². The first-order valence-corrected chi connectivity index (χ1v) is 4.49. The summed E-state index contributed by atoms with van der Waals surface area (Å²) in [5.41, 5.74) is 13.0. The number of hydrogen-bond acceptors (Lipinski definition) is 2. The van der Waals surface area contributed by atoms with Gasteiger partial charge in [-0.25, -0.2) is 4.39 Å². The molecule has 1 unspecified atom stereocenters. The van der Waals surface area contributed by atoms with Crippen molar-refractivity contribution in [2.75, 3.05) is 5.73 Å². The smallest absolute Gasteiger partial charge is 0.125 e. The second-order valence-corrected chi connectivity index (χ2v) is 3.64. The molecular formula is C10H13FN2. The van der Waals surface area contributed by atoms with E-state index in [1.165, 1.54) is 12.1 Å². The van der Waals surface area contributed by atoms with Crippen molar-refractivity contribution in [3.05, 3.63) is 29.6 Å². The number of hydrogen-bond donors (Lipinski definition) is 2. The summed E-state index contributed by atoms with van der Waals surface area (Å²) in [6.07, 6.45) is 2.33. The van der Waals surface area contributed by atoms with Gasteiger partial charge in [0.15, 0.2) is 0 Å². The molecule has 13 heavy (non-hydrogen) atoms. The summed E-state index contributed by atoms with van der Waals surface area (Å²) in [7, 11) is 0. The van der Waals surface area contributed by atoms with Crippen molar-refractivity contribution >= 4 is 5.69 Å². The third kappa shape index (κ3) is 1.65. The van der Waals surface area contributed by atoms with Gasteiger partial charge in [0.05, 0.1) is 0 Å². The average Bonchev–Trinajstić information content (AvgIpc) is 2.85. The molecule has 70 valence electrons. The molecule has 1 aliphatic rings. The minimum absolute atomic E-state index is 0.0133. The van der Waals surface area contributed by atoms with E-state index in [2.05, 4.69) is 0 Å². The summed E-state index contributed by atoms with van der Waals surface area (Å²) in [6.45, 7) is 0. The van der Waals surface area contributed by atoms with Crippen molar-refractivity contribution in [2.24, 2.45) is 11.7 Å². The van der Waals surface area contributed by atoms with Crippen LogP contribution in [0, 0.1) is 11.7 Å². The number of nitrogen functional groups attached to an aromatic ring is 1. The fourth-order valence-electron chi connectivity index (χ4n) is 1.56. The van der Waals surface area contributed by atoms with Gasteiger partial charge in [0, 0.05) is 11.7 Å². The lowest BCUT2D eigenvalue weighted by atomic mass is 10.0. The Labute approximate surface area is 76.7 Å². The molecule has 1 aliphatic carbocycles. The molecule has 0 radical (unpaired) electrons. The van der Waals surface area contributed by atoms with E-state index in [0.29, 0.717) is 11.6 Å². The van der Waals surface area contributed by atoms with Gasteiger partial charge in [-0.3, -0.25) is 0 Å². The van der Waals surface area contributed by atoms with Crippen molar-refractivity contribution in [2.45, 2.75) is 18.9 Å². The van der Waals surface area contributed by atoms with Gasteiger partial charge in [-0.15, -0.1) is 0 Å². The molecule has 0 amide bonds. The molecule has 1 saturated carbocycles. The Bertz CT molecular complexity index is 321. The van der Waals surface area contributed by atoms with Crippen molar-refractivity contribution < 1.29 is 4.39 Å². The Morgan fingerprint density at radius 1 is 1.38 bits per heavy atom. The van der Waals surface area contributed by atoms with Crippen molar-refractivity contribution in [1.29, 1.82) is 0 Å². The molecule has 4 N–H and O–H groups in total. The first-order valence-electron chi connectivity index (χ1n) is 4.49. The zero-order chi connectivity index (χ0) is 9.42. The van der Waals surface area contributed by atoms with E-state index >= 15 is 0 Å². The van der Waals surface area contributed by atoms with E-state index in [4.69, 9.17) is 11.5 Å². The Balaban J connectivity index is 2.28. The molecule has 0 saturated heterocycles. The number of nitrogens with two attached hydrogens (primary N) is 2.